The number of hydrogen-bond acceptors (Lipinski definition) is 3. The van der Waals surface area contributed by atoms with Crippen LogP contribution in [0.3, 0.4) is 0 Å². The number of hydrogen-bond donors (Lipinski definition) is 1. The molecule has 0 saturated carbocycles. The SMILES string of the molecule is Cc1ccccc1C[C@H](C(=O)N/N=C\c1ccc(-c2ccc(Cl)cc2)o1)c1ccccc1. The predicted octanol–water partition coefficient (Wildman–Crippen LogP) is 6.39. The molecule has 0 aliphatic carbocycles. The van der Waals surface area contributed by atoms with E-state index >= 15 is 0 Å². The molecule has 1 N–H and O–H groups in total. The second-order valence-electron chi connectivity index (χ2n) is 7.54. The summed E-state index contributed by atoms with van der Waals surface area (Å²) in [4.78, 5) is 13.0. The first-order valence-electron chi connectivity index (χ1n) is 10.4. The summed E-state index contributed by atoms with van der Waals surface area (Å²) >= 11 is 5.94. The maximum absolute atomic E-state index is 13.0. The third-order valence-electron chi connectivity index (χ3n) is 5.33. The average Bonchev–Trinajstić information content (AvgIpc) is 3.28. The Morgan fingerprint density at radius 1 is 0.969 bits per heavy atom. The molecule has 1 aromatic heterocycles. The molecule has 1 amide bonds. The maximum atomic E-state index is 13.0. The van der Waals surface area contributed by atoms with Crippen molar-refractivity contribution < 1.29 is 9.21 Å². The van der Waals surface area contributed by atoms with E-state index in [2.05, 4.69) is 29.6 Å². The van der Waals surface area contributed by atoms with Crippen LogP contribution in [-0.4, -0.2) is 12.1 Å². The molecule has 0 fully saturated rings. The van der Waals surface area contributed by atoms with Gasteiger partial charge in [0.15, 0.2) is 0 Å². The highest BCUT2D eigenvalue weighted by Gasteiger charge is 2.21. The first kappa shape index (κ1) is 21.6. The number of carbonyl (C=O) groups is 1. The van der Waals surface area contributed by atoms with Crippen molar-refractivity contribution in [1.29, 1.82) is 0 Å². The van der Waals surface area contributed by atoms with Crippen LogP contribution in [0.4, 0.5) is 0 Å². The van der Waals surface area contributed by atoms with Crippen LogP contribution in [0.2, 0.25) is 5.02 Å². The molecular weight excluding hydrogens is 420 g/mol. The molecule has 1 heterocycles. The molecule has 5 heteroatoms. The fraction of sp³-hybridized carbons (Fsp3) is 0.111. The van der Waals surface area contributed by atoms with E-state index in [0.29, 0.717) is 23.0 Å². The van der Waals surface area contributed by atoms with E-state index in [4.69, 9.17) is 16.0 Å². The van der Waals surface area contributed by atoms with Crippen molar-refractivity contribution in [1.82, 2.24) is 5.43 Å². The summed E-state index contributed by atoms with van der Waals surface area (Å²) in [6.45, 7) is 2.06. The number of halogens is 1. The van der Waals surface area contributed by atoms with Gasteiger partial charge < -0.3 is 4.42 Å². The summed E-state index contributed by atoms with van der Waals surface area (Å²) in [5.74, 6) is 0.734. The molecule has 4 nitrogen and oxygen atoms in total. The summed E-state index contributed by atoms with van der Waals surface area (Å²) in [6.07, 6.45) is 2.10. The Hall–Kier alpha value is -3.63. The Balaban J connectivity index is 1.47. The molecule has 4 rings (SSSR count). The van der Waals surface area contributed by atoms with Gasteiger partial charge in [0, 0.05) is 10.6 Å². The van der Waals surface area contributed by atoms with Gasteiger partial charge in [0.2, 0.25) is 5.91 Å². The van der Waals surface area contributed by atoms with Crippen LogP contribution in [0, 0.1) is 6.92 Å². The lowest BCUT2D eigenvalue weighted by atomic mass is 9.90. The van der Waals surface area contributed by atoms with E-state index < -0.39 is 0 Å². The van der Waals surface area contributed by atoms with Crippen molar-refractivity contribution >= 4 is 23.7 Å². The number of carbonyl (C=O) groups excluding carboxylic acids is 1. The number of rotatable bonds is 7. The third-order valence-corrected chi connectivity index (χ3v) is 5.58. The van der Waals surface area contributed by atoms with E-state index in [0.717, 1.165) is 22.3 Å². The van der Waals surface area contributed by atoms with Gasteiger partial charge in [0.25, 0.3) is 0 Å². The Morgan fingerprint density at radius 2 is 1.69 bits per heavy atom. The topological polar surface area (TPSA) is 54.6 Å². The molecule has 0 radical (unpaired) electrons. The number of nitrogens with one attached hydrogen (secondary N) is 1. The van der Waals surface area contributed by atoms with Gasteiger partial charge >= 0.3 is 0 Å². The highest BCUT2D eigenvalue weighted by molar-refractivity contribution is 6.30. The lowest BCUT2D eigenvalue weighted by molar-refractivity contribution is -0.122. The molecule has 3 aromatic carbocycles. The van der Waals surface area contributed by atoms with E-state index in [1.165, 1.54) is 6.21 Å². The van der Waals surface area contributed by atoms with Gasteiger partial charge in [-0.3, -0.25) is 4.79 Å². The van der Waals surface area contributed by atoms with Gasteiger partial charge in [-0.2, -0.15) is 5.10 Å². The Bertz CT molecular complexity index is 1210. The van der Waals surface area contributed by atoms with E-state index in [-0.39, 0.29) is 11.8 Å². The third kappa shape index (κ3) is 5.34. The van der Waals surface area contributed by atoms with Crippen LogP contribution in [0.25, 0.3) is 11.3 Å². The largest absolute Gasteiger partial charge is 0.455 e. The minimum atomic E-state index is -0.351. The smallest absolute Gasteiger partial charge is 0.247 e. The fourth-order valence-electron chi connectivity index (χ4n) is 3.54. The van der Waals surface area contributed by atoms with Gasteiger partial charge in [-0.25, -0.2) is 5.43 Å². The van der Waals surface area contributed by atoms with Crippen LogP contribution in [-0.2, 0) is 11.2 Å². The predicted molar refractivity (Wildman–Crippen MR) is 129 cm³/mol. The monoisotopic (exact) mass is 442 g/mol. The molecule has 32 heavy (non-hydrogen) atoms. The highest BCUT2D eigenvalue weighted by Crippen LogP contribution is 2.24. The molecule has 4 aromatic rings. The van der Waals surface area contributed by atoms with Crippen molar-refractivity contribution in [2.75, 3.05) is 0 Å². The van der Waals surface area contributed by atoms with Gasteiger partial charge in [-0.05, 0) is 66.4 Å². The number of aryl methyl sites for hydroxylation is 1. The fourth-order valence-corrected chi connectivity index (χ4v) is 3.66. The lowest BCUT2D eigenvalue weighted by Gasteiger charge is -2.17. The number of furan rings is 1. The Labute approximate surface area is 192 Å². The molecule has 0 unspecified atom stereocenters. The van der Waals surface area contributed by atoms with Crippen LogP contribution < -0.4 is 5.43 Å². The van der Waals surface area contributed by atoms with Crippen LogP contribution in [0.1, 0.15) is 28.4 Å². The summed E-state index contributed by atoms with van der Waals surface area (Å²) in [5, 5.41) is 4.80. The van der Waals surface area contributed by atoms with Crippen molar-refractivity contribution in [2.45, 2.75) is 19.3 Å². The Morgan fingerprint density at radius 3 is 2.44 bits per heavy atom. The second kappa shape index (κ2) is 10.1. The zero-order chi connectivity index (χ0) is 22.3. The first-order chi connectivity index (χ1) is 15.6. The summed E-state index contributed by atoms with van der Waals surface area (Å²) < 4.78 is 5.80. The van der Waals surface area contributed by atoms with E-state index in [9.17, 15) is 4.79 Å². The van der Waals surface area contributed by atoms with Crippen molar-refractivity contribution in [2.24, 2.45) is 5.10 Å². The minimum absolute atomic E-state index is 0.166. The van der Waals surface area contributed by atoms with E-state index in [1.54, 1.807) is 0 Å². The molecule has 0 aliphatic rings. The molecular formula is C27H23ClN2O2. The summed E-state index contributed by atoms with van der Waals surface area (Å²) in [5.41, 5.74) is 6.85. The quantitative estimate of drug-likeness (QED) is 0.266. The van der Waals surface area contributed by atoms with Gasteiger partial charge in [0.05, 0.1) is 12.1 Å². The molecule has 0 bridgehead atoms. The molecule has 1 atom stereocenters. The molecule has 0 spiro atoms. The first-order valence-corrected chi connectivity index (χ1v) is 10.8. The number of benzene rings is 3. The number of hydrazone groups is 1. The second-order valence-corrected chi connectivity index (χ2v) is 7.97. The summed E-state index contributed by atoms with van der Waals surface area (Å²) in [6, 6.07) is 28.9. The Kier molecular flexibility index (Phi) is 6.83. The van der Waals surface area contributed by atoms with Crippen molar-refractivity contribution in [3.63, 3.8) is 0 Å². The zero-order valence-corrected chi connectivity index (χ0v) is 18.4. The van der Waals surface area contributed by atoms with Crippen molar-refractivity contribution in [3.8, 4) is 11.3 Å². The molecule has 160 valence electrons. The standard InChI is InChI=1S/C27H23ClN2O2/c1-19-7-5-6-10-22(19)17-25(20-8-3-2-4-9-20)27(31)30-29-18-24-15-16-26(32-24)21-11-13-23(28)14-12-21/h2-16,18,25H,17H2,1H3,(H,30,31)/b29-18-/t25-/m0/s1. The van der Waals surface area contributed by atoms with Crippen LogP contribution in [0.5, 0.6) is 0 Å². The average molecular weight is 443 g/mol. The van der Waals surface area contributed by atoms with E-state index in [1.807, 2.05) is 78.9 Å². The maximum Gasteiger partial charge on any atom is 0.247 e. The van der Waals surface area contributed by atoms with Crippen LogP contribution in [0.15, 0.2) is 101 Å². The normalized spacial score (nSPS) is 12.1. The molecule has 0 saturated heterocycles. The minimum Gasteiger partial charge on any atom is -0.455 e. The van der Waals surface area contributed by atoms with Crippen LogP contribution >= 0.6 is 11.6 Å². The van der Waals surface area contributed by atoms with Gasteiger partial charge in [-0.1, -0.05) is 66.2 Å². The number of nitrogens with zero attached hydrogens (tertiary/aromatic N) is 1. The van der Waals surface area contributed by atoms with Gasteiger partial charge in [-0.15, -0.1) is 0 Å². The summed E-state index contributed by atoms with van der Waals surface area (Å²) in [7, 11) is 0. The number of amides is 1. The highest BCUT2D eigenvalue weighted by atomic mass is 35.5. The van der Waals surface area contributed by atoms with Gasteiger partial charge in [0.1, 0.15) is 11.5 Å². The molecule has 0 aliphatic heterocycles. The van der Waals surface area contributed by atoms with Crippen molar-refractivity contribution in [3.05, 3.63) is 118 Å². The zero-order valence-electron chi connectivity index (χ0n) is 17.7. The lowest BCUT2D eigenvalue weighted by Crippen LogP contribution is -2.27.